The van der Waals surface area contributed by atoms with Crippen molar-refractivity contribution in [2.75, 3.05) is 25.5 Å². The molecule has 3 N–H and O–H groups in total. The van der Waals surface area contributed by atoms with Crippen LogP contribution in [0, 0.1) is 0 Å². The van der Waals surface area contributed by atoms with E-state index in [4.69, 9.17) is 19.6 Å². The van der Waals surface area contributed by atoms with Gasteiger partial charge in [-0.3, -0.25) is 10.2 Å². The third-order valence-electron chi connectivity index (χ3n) is 7.16. The zero-order valence-electron chi connectivity index (χ0n) is 24.2. The van der Waals surface area contributed by atoms with E-state index in [1.54, 1.807) is 54.6 Å². The highest BCUT2D eigenvalue weighted by atomic mass is 79.9. The molecular weight excluding hydrogens is 634 g/mol. The van der Waals surface area contributed by atoms with Crippen LogP contribution in [0.2, 0.25) is 0 Å². The van der Waals surface area contributed by atoms with Gasteiger partial charge >= 0.3 is 0 Å². The number of amides is 1. The van der Waals surface area contributed by atoms with E-state index in [9.17, 15) is 13.2 Å². The number of rotatable bonds is 16. The van der Waals surface area contributed by atoms with Crippen LogP contribution < -0.4 is 15.6 Å². The van der Waals surface area contributed by atoms with Crippen molar-refractivity contribution < 1.29 is 27.8 Å². The van der Waals surface area contributed by atoms with Crippen molar-refractivity contribution in [3.8, 4) is 5.75 Å². The lowest BCUT2D eigenvalue weighted by molar-refractivity contribution is -0.130. The Hall–Kier alpha value is -3.25. The molecule has 9 nitrogen and oxygen atoms in total. The van der Waals surface area contributed by atoms with Gasteiger partial charge in [0.2, 0.25) is 5.90 Å². The summed E-state index contributed by atoms with van der Waals surface area (Å²) in [4.78, 5) is 19.1. The number of carbonyl (C=O) groups is 1. The fourth-order valence-corrected chi connectivity index (χ4v) is 6.41. The molecule has 0 fully saturated rings. The highest BCUT2D eigenvalue weighted by Gasteiger charge is 2.53. The Bertz CT molecular complexity index is 1470. The molecule has 0 bridgehead atoms. The van der Waals surface area contributed by atoms with Crippen molar-refractivity contribution in [1.29, 1.82) is 0 Å². The van der Waals surface area contributed by atoms with E-state index < -0.39 is 27.4 Å². The average molecular weight is 673 g/mol. The molecule has 0 aromatic heterocycles. The van der Waals surface area contributed by atoms with Crippen LogP contribution in [0.3, 0.4) is 0 Å². The molecule has 1 amide bonds. The van der Waals surface area contributed by atoms with Crippen molar-refractivity contribution in [2.24, 2.45) is 4.99 Å². The molecule has 4 rings (SSSR count). The number of unbranched alkanes of at least 4 members (excludes halogenated alkanes) is 2. The Kier molecular flexibility index (Phi) is 11.7. The van der Waals surface area contributed by atoms with Gasteiger partial charge in [-0.1, -0.05) is 66.0 Å². The van der Waals surface area contributed by atoms with Gasteiger partial charge in [-0.25, -0.2) is 18.8 Å². The molecule has 0 radical (unpaired) electrons. The van der Waals surface area contributed by atoms with Crippen molar-refractivity contribution in [3.63, 3.8) is 0 Å². The van der Waals surface area contributed by atoms with Gasteiger partial charge in [0.1, 0.15) is 5.75 Å². The molecule has 0 spiro atoms. The second kappa shape index (κ2) is 15.5. The van der Waals surface area contributed by atoms with Crippen LogP contribution in [0.5, 0.6) is 5.75 Å². The molecular formula is C32H38BrN3O6S. The number of nitrogens with zero attached hydrogens (tertiary/aromatic N) is 1. The van der Waals surface area contributed by atoms with Gasteiger partial charge in [0.05, 0.1) is 17.3 Å². The Morgan fingerprint density at radius 2 is 1.74 bits per heavy atom. The highest BCUT2D eigenvalue weighted by molar-refractivity contribution is 9.10. The number of hydrazine groups is 1. The zero-order chi connectivity index (χ0) is 30.7. The van der Waals surface area contributed by atoms with Crippen molar-refractivity contribution in [1.82, 2.24) is 10.9 Å². The Morgan fingerprint density at radius 1 is 1.02 bits per heavy atom. The average Bonchev–Trinajstić information content (AvgIpc) is 3.42. The summed E-state index contributed by atoms with van der Waals surface area (Å²) in [6, 6.07) is 22.7. The number of aliphatic hydroxyl groups excluding tert-OH is 1. The van der Waals surface area contributed by atoms with E-state index in [0.717, 1.165) is 23.7 Å². The predicted octanol–water partition coefficient (Wildman–Crippen LogP) is 5.14. The standard InChI is InChI=1S/C32H38BrN3O6S/c1-2-3-7-20-34-36-31(38)32(19-23-43(39,40)28-9-5-4-6-10-28)29(24-11-15-26(33)16-12-24)42-30(35-32)25-13-17-27(18-14-25)41-22-8-21-37/h4-6,9-18,29,34,37H,2-3,7-8,19-23H2,1H3,(H,36,38)/t29-,32-/m0/s1. The molecule has 0 saturated carbocycles. The topological polar surface area (TPSA) is 126 Å². The molecule has 2 atom stereocenters. The number of hydrogen-bond donors (Lipinski definition) is 3. The molecule has 0 unspecified atom stereocenters. The summed E-state index contributed by atoms with van der Waals surface area (Å²) in [5.74, 6) is 0.0622. The van der Waals surface area contributed by atoms with E-state index in [1.165, 1.54) is 0 Å². The number of halogens is 1. The number of carbonyl (C=O) groups excluding carboxylic acids is 1. The summed E-state index contributed by atoms with van der Waals surface area (Å²) in [7, 11) is -3.73. The lowest BCUT2D eigenvalue weighted by Gasteiger charge is -2.30. The first-order valence-electron chi connectivity index (χ1n) is 14.5. The number of aliphatic hydroxyl groups is 1. The number of sulfone groups is 1. The molecule has 11 heteroatoms. The summed E-state index contributed by atoms with van der Waals surface area (Å²) >= 11 is 3.46. The van der Waals surface area contributed by atoms with Gasteiger partial charge in [0, 0.05) is 36.0 Å². The van der Waals surface area contributed by atoms with Crippen LogP contribution in [0.15, 0.2) is 93.2 Å². The smallest absolute Gasteiger partial charge is 0.266 e. The van der Waals surface area contributed by atoms with Gasteiger partial charge < -0.3 is 14.6 Å². The first-order chi connectivity index (χ1) is 20.8. The van der Waals surface area contributed by atoms with Crippen molar-refractivity contribution in [3.05, 3.63) is 94.5 Å². The maximum absolute atomic E-state index is 14.1. The first-order valence-corrected chi connectivity index (χ1v) is 16.9. The van der Waals surface area contributed by atoms with Crippen LogP contribution in [0.25, 0.3) is 0 Å². The summed E-state index contributed by atoms with van der Waals surface area (Å²) in [5.41, 5.74) is 5.52. The molecule has 1 heterocycles. The molecule has 0 saturated heterocycles. The minimum Gasteiger partial charge on any atom is -0.494 e. The summed E-state index contributed by atoms with van der Waals surface area (Å²) < 4.78 is 39.7. The van der Waals surface area contributed by atoms with Crippen LogP contribution >= 0.6 is 15.9 Å². The predicted molar refractivity (Wildman–Crippen MR) is 170 cm³/mol. The van der Waals surface area contributed by atoms with Gasteiger partial charge in [-0.2, -0.15) is 0 Å². The molecule has 1 aliphatic heterocycles. The largest absolute Gasteiger partial charge is 0.494 e. The lowest BCUT2D eigenvalue weighted by atomic mass is 9.85. The Balaban J connectivity index is 1.71. The minimum absolute atomic E-state index is 0.0395. The summed E-state index contributed by atoms with van der Waals surface area (Å²) in [6.07, 6.45) is 2.44. The van der Waals surface area contributed by atoms with Crippen LogP contribution in [-0.2, 0) is 19.4 Å². The molecule has 0 aliphatic carbocycles. The fraction of sp³-hybridized carbons (Fsp3) is 0.375. The number of aliphatic imine (C=N–C) groups is 1. The maximum atomic E-state index is 14.1. The fourth-order valence-electron chi connectivity index (χ4n) is 4.76. The van der Waals surface area contributed by atoms with E-state index in [0.29, 0.717) is 36.4 Å². The van der Waals surface area contributed by atoms with E-state index >= 15 is 0 Å². The second-order valence-electron chi connectivity index (χ2n) is 10.3. The number of hydrogen-bond acceptors (Lipinski definition) is 8. The maximum Gasteiger partial charge on any atom is 0.266 e. The molecule has 1 aliphatic rings. The normalized spacial score (nSPS) is 18.1. The highest BCUT2D eigenvalue weighted by Crippen LogP contribution is 2.43. The van der Waals surface area contributed by atoms with E-state index in [1.807, 2.05) is 24.3 Å². The Morgan fingerprint density at radius 3 is 2.42 bits per heavy atom. The monoisotopic (exact) mass is 671 g/mol. The summed E-state index contributed by atoms with van der Waals surface area (Å²) in [6.45, 7) is 3.08. The van der Waals surface area contributed by atoms with E-state index in [-0.39, 0.29) is 29.6 Å². The van der Waals surface area contributed by atoms with Gasteiger partial charge in [0.25, 0.3) is 5.91 Å². The minimum atomic E-state index is -3.73. The SMILES string of the molecule is CCCCCNNC(=O)[C@@]1(CCS(=O)(=O)c2ccccc2)N=C(c2ccc(OCCCO)cc2)O[C@H]1c1ccc(Br)cc1. The van der Waals surface area contributed by atoms with Crippen LogP contribution in [0.1, 0.15) is 56.3 Å². The van der Waals surface area contributed by atoms with Gasteiger partial charge in [0.15, 0.2) is 21.5 Å². The molecule has 43 heavy (non-hydrogen) atoms. The van der Waals surface area contributed by atoms with Gasteiger partial charge in [-0.05, 0) is 60.5 Å². The zero-order valence-corrected chi connectivity index (χ0v) is 26.6. The first kappa shape index (κ1) is 32.7. The number of benzene rings is 3. The molecule has 3 aromatic carbocycles. The second-order valence-corrected chi connectivity index (χ2v) is 13.3. The van der Waals surface area contributed by atoms with Crippen molar-refractivity contribution in [2.45, 2.75) is 55.6 Å². The van der Waals surface area contributed by atoms with Crippen molar-refractivity contribution >= 4 is 37.6 Å². The summed E-state index contributed by atoms with van der Waals surface area (Å²) in [5, 5.41) is 9.02. The quantitative estimate of drug-likeness (QED) is 0.142. The third kappa shape index (κ3) is 8.44. The number of nitrogens with one attached hydrogen (secondary N) is 2. The Labute approximate surface area is 261 Å². The third-order valence-corrected chi connectivity index (χ3v) is 9.42. The van der Waals surface area contributed by atoms with Crippen LogP contribution in [0.4, 0.5) is 0 Å². The number of ether oxygens (including phenoxy) is 2. The lowest BCUT2D eigenvalue weighted by Crippen LogP contribution is -2.53. The van der Waals surface area contributed by atoms with Crippen LogP contribution in [-0.4, -0.2) is 56.4 Å². The molecule has 3 aromatic rings. The van der Waals surface area contributed by atoms with Gasteiger partial charge in [-0.15, -0.1) is 0 Å². The van der Waals surface area contributed by atoms with E-state index in [2.05, 4.69) is 33.7 Å². The molecule has 230 valence electrons.